The van der Waals surface area contributed by atoms with E-state index in [1.807, 2.05) is 37.3 Å². The summed E-state index contributed by atoms with van der Waals surface area (Å²) in [6, 6.07) is 14.0. The molecule has 1 amide bonds. The zero-order chi connectivity index (χ0) is 17.4. The molecule has 0 saturated carbocycles. The van der Waals surface area contributed by atoms with Gasteiger partial charge in [-0.25, -0.2) is 0 Å². The molecule has 2 heterocycles. The molecule has 5 heteroatoms. The molecule has 1 aliphatic heterocycles. The molecule has 0 saturated heterocycles. The molecule has 0 unspecified atom stereocenters. The largest absolute Gasteiger partial charge is 0.493 e. The second-order valence-electron chi connectivity index (χ2n) is 6.18. The molecule has 0 radical (unpaired) electrons. The first-order chi connectivity index (χ1) is 12.1. The van der Waals surface area contributed by atoms with Crippen LogP contribution in [0.15, 0.2) is 57.7 Å². The second-order valence-corrected chi connectivity index (χ2v) is 6.18. The van der Waals surface area contributed by atoms with Gasteiger partial charge in [0.05, 0.1) is 18.0 Å². The average Bonchev–Trinajstić information content (AvgIpc) is 2.62. The highest BCUT2D eigenvalue weighted by Gasteiger charge is 2.24. The Labute approximate surface area is 144 Å². The highest BCUT2D eigenvalue weighted by Crippen LogP contribution is 2.31. The predicted octanol–water partition coefficient (Wildman–Crippen LogP) is 3.36. The van der Waals surface area contributed by atoms with Crippen molar-refractivity contribution in [3.05, 3.63) is 75.6 Å². The van der Waals surface area contributed by atoms with Crippen LogP contribution in [0.3, 0.4) is 0 Å². The number of ether oxygens (including phenoxy) is 1. The molecule has 3 aromatic rings. The Kier molecular flexibility index (Phi) is 3.76. The molecule has 1 aliphatic rings. The molecule has 0 bridgehead atoms. The highest BCUT2D eigenvalue weighted by molar-refractivity contribution is 5.93. The first-order valence-corrected chi connectivity index (χ1v) is 8.19. The van der Waals surface area contributed by atoms with Crippen molar-refractivity contribution in [2.45, 2.75) is 19.4 Å². The van der Waals surface area contributed by atoms with Crippen molar-refractivity contribution in [2.75, 3.05) is 6.61 Å². The maximum atomic E-state index is 12.6. The molecular weight excluding hydrogens is 318 g/mol. The zero-order valence-electron chi connectivity index (χ0n) is 13.7. The van der Waals surface area contributed by atoms with Gasteiger partial charge in [-0.1, -0.05) is 29.8 Å². The Bertz CT molecular complexity index is 1020. The van der Waals surface area contributed by atoms with Crippen molar-refractivity contribution >= 4 is 16.9 Å². The van der Waals surface area contributed by atoms with Crippen molar-refractivity contribution < 1.29 is 13.9 Å². The fourth-order valence-electron chi connectivity index (χ4n) is 3.10. The standard InChI is InChI=1S/C20H17NO4/c1-12-6-7-18-14(10-12)16(22)11-19(25-18)20(23)21-15-8-9-24-17-5-3-2-4-13(15)17/h2-7,10-11,15H,8-9H2,1H3,(H,21,23)/t15-/m0/s1. The minimum Gasteiger partial charge on any atom is -0.493 e. The molecule has 0 aliphatic carbocycles. The molecule has 1 atom stereocenters. The third kappa shape index (κ3) is 2.89. The summed E-state index contributed by atoms with van der Waals surface area (Å²) in [6.07, 6.45) is 0.666. The normalized spacial score (nSPS) is 16.1. The second kappa shape index (κ2) is 6.09. The summed E-state index contributed by atoms with van der Waals surface area (Å²) >= 11 is 0. The van der Waals surface area contributed by atoms with Crippen LogP contribution in [0, 0.1) is 6.92 Å². The number of rotatable bonds is 2. The van der Waals surface area contributed by atoms with Gasteiger partial charge < -0.3 is 14.5 Å². The van der Waals surface area contributed by atoms with Gasteiger partial charge in [0.2, 0.25) is 0 Å². The number of nitrogens with one attached hydrogen (secondary N) is 1. The van der Waals surface area contributed by atoms with Gasteiger partial charge >= 0.3 is 0 Å². The maximum Gasteiger partial charge on any atom is 0.287 e. The van der Waals surface area contributed by atoms with Gasteiger partial charge in [-0.05, 0) is 25.1 Å². The molecule has 4 rings (SSSR count). The average molecular weight is 335 g/mol. The van der Waals surface area contributed by atoms with E-state index >= 15 is 0 Å². The Morgan fingerprint density at radius 1 is 1.16 bits per heavy atom. The van der Waals surface area contributed by atoms with Crippen molar-refractivity contribution in [2.24, 2.45) is 0 Å². The van der Waals surface area contributed by atoms with Crippen molar-refractivity contribution in [1.29, 1.82) is 0 Å². The topological polar surface area (TPSA) is 68.5 Å². The Morgan fingerprint density at radius 2 is 2.00 bits per heavy atom. The van der Waals surface area contributed by atoms with E-state index in [0.29, 0.717) is 24.0 Å². The number of benzene rings is 2. The Balaban J connectivity index is 1.65. The van der Waals surface area contributed by atoms with Gasteiger partial charge in [0, 0.05) is 18.1 Å². The van der Waals surface area contributed by atoms with Crippen LogP contribution in [0.2, 0.25) is 0 Å². The zero-order valence-corrected chi connectivity index (χ0v) is 13.7. The summed E-state index contributed by atoms with van der Waals surface area (Å²) in [6.45, 7) is 2.44. The molecule has 126 valence electrons. The number of fused-ring (bicyclic) bond motifs is 2. The smallest absolute Gasteiger partial charge is 0.287 e. The van der Waals surface area contributed by atoms with Gasteiger partial charge in [0.25, 0.3) is 5.91 Å². The van der Waals surface area contributed by atoms with E-state index in [0.717, 1.165) is 16.9 Å². The van der Waals surface area contributed by atoms with E-state index in [-0.39, 0.29) is 17.2 Å². The molecule has 0 spiro atoms. The lowest BCUT2D eigenvalue weighted by molar-refractivity contribution is 0.0897. The third-order valence-corrected chi connectivity index (χ3v) is 4.37. The van der Waals surface area contributed by atoms with E-state index in [1.165, 1.54) is 6.07 Å². The Hall–Kier alpha value is -3.08. The van der Waals surface area contributed by atoms with Crippen molar-refractivity contribution in [3.8, 4) is 5.75 Å². The van der Waals surface area contributed by atoms with Gasteiger partial charge in [-0.3, -0.25) is 9.59 Å². The van der Waals surface area contributed by atoms with Crippen LogP contribution in [0.4, 0.5) is 0 Å². The van der Waals surface area contributed by atoms with Crippen LogP contribution < -0.4 is 15.5 Å². The number of para-hydroxylation sites is 1. The van der Waals surface area contributed by atoms with Crippen LogP contribution in [0.25, 0.3) is 11.0 Å². The molecule has 5 nitrogen and oxygen atoms in total. The summed E-state index contributed by atoms with van der Waals surface area (Å²) in [4.78, 5) is 24.9. The maximum absolute atomic E-state index is 12.6. The quantitative estimate of drug-likeness (QED) is 0.780. The van der Waals surface area contributed by atoms with E-state index in [1.54, 1.807) is 12.1 Å². The molecule has 0 fully saturated rings. The first kappa shape index (κ1) is 15.4. The fourth-order valence-corrected chi connectivity index (χ4v) is 3.10. The van der Waals surface area contributed by atoms with E-state index in [9.17, 15) is 9.59 Å². The molecular formula is C20H17NO4. The lowest BCUT2D eigenvalue weighted by Crippen LogP contribution is -2.32. The van der Waals surface area contributed by atoms with E-state index in [2.05, 4.69) is 5.32 Å². The van der Waals surface area contributed by atoms with Crippen LogP contribution in [-0.2, 0) is 0 Å². The predicted molar refractivity (Wildman–Crippen MR) is 94.0 cm³/mol. The fraction of sp³-hybridized carbons (Fsp3) is 0.200. The number of hydrogen-bond donors (Lipinski definition) is 1. The lowest BCUT2D eigenvalue weighted by Gasteiger charge is -2.26. The molecule has 1 N–H and O–H groups in total. The monoisotopic (exact) mass is 335 g/mol. The minimum absolute atomic E-state index is 0.0188. The third-order valence-electron chi connectivity index (χ3n) is 4.37. The van der Waals surface area contributed by atoms with E-state index < -0.39 is 5.91 Å². The molecule has 25 heavy (non-hydrogen) atoms. The van der Waals surface area contributed by atoms with Crippen molar-refractivity contribution in [3.63, 3.8) is 0 Å². The SMILES string of the molecule is Cc1ccc2oc(C(=O)N[C@H]3CCOc4ccccc43)cc(=O)c2c1. The number of carbonyl (C=O) groups is 1. The van der Waals surface area contributed by atoms with Crippen molar-refractivity contribution in [1.82, 2.24) is 5.32 Å². The number of carbonyl (C=O) groups excluding carboxylic acids is 1. The summed E-state index contributed by atoms with van der Waals surface area (Å²) in [7, 11) is 0. The summed E-state index contributed by atoms with van der Waals surface area (Å²) < 4.78 is 11.2. The van der Waals surface area contributed by atoms with Crippen LogP contribution in [0.5, 0.6) is 5.75 Å². The summed E-state index contributed by atoms with van der Waals surface area (Å²) in [5.41, 5.74) is 2.09. The van der Waals surface area contributed by atoms with Gasteiger partial charge in [0.1, 0.15) is 11.3 Å². The van der Waals surface area contributed by atoms with Gasteiger partial charge in [-0.15, -0.1) is 0 Å². The summed E-state index contributed by atoms with van der Waals surface area (Å²) in [5.74, 6) is 0.390. The van der Waals surface area contributed by atoms with Crippen LogP contribution in [-0.4, -0.2) is 12.5 Å². The highest BCUT2D eigenvalue weighted by atomic mass is 16.5. The van der Waals surface area contributed by atoms with E-state index in [4.69, 9.17) is 9.15 Å². The minimum atomic E-state index is -0.402. The van der Waals surface area contributed by atoms with Gasteiger partial charge in [0.15, 0.2) is 11.2 Å². The lowest BCUT2D eigenvalue weighted by atomic mass is 10.0. The van der Waals surface area contributed by atoms with Crippen LogP contribution in [0.1, 0.15) is 34.1 Å². The molecule has 2 aromatic carbocycles. The summed E-state index contributed by atoms with van der Waals surface area (Å²) in [5, 5.41) is 3.42. The number of amides is 1. The molecule has 1 aromatic heterocycles. The van der Waals surface area contributed by atoms with Crippen LogP contribution >= 0.6 is 0 Å². The van der Waals surface area contributed by atoms with Gasteiger partial charge in [-0.2, -0.15) is 0 Å². The first-order valence-electron chi connectivity index (χ1n) is 8.19. The number of aryl methyl sites for hydroxylation is 1. The Morgan fingerprint density at radius 3 is 2.88 bits per heavy atom. The number of hydrogen-bond acceptors (Lipinski definition) is 4.